The summed E-state index contributed by atoms with van der Waals surface area (Å²) in [5.41, 5.74) is 1.56. The van der Waals surface area contributed by atoms with Gasteiger partial charge in [-0.15, -0.1) is 5.10 Å². The van der Waals surface area contributed by atoms with Crippen LogP contribution in [0.15, 0.2) is 47.4 Å². The van der Waals surface area contributed by atoms with E-state index in [4.69, 9.17) is 4.74 Å². The second-order valence-corrected chi connectivity index (χ2v) is 8.68. The zero-order valence-electron chi connectivity index (χ0n) is 16.1. The van der Waals surface area contributed by atoms with E-state index in [9.17, 15) is 18.0 Å². The Labute approximate surface area is 176 Å². The highest BCUT2D eigenvalue weighted by atomic mass is 32.2. The summed E-state index contributed by atoms with van der Waals surface area (Å²) in [5.74, 6) is -0.529. The molecule has 0 fully saturated rings. The molecule has 0 saturated carbocycles. The van der Waals surface area contributed by atoms with Gasteiger partial charge in [0, 0.05) is 0 Å². The summed E-state index contributed by atoms with van der Waals surface area (Å²) in [6, 6.07) is 11.1. The van der Waals surface area contributed by atoms with Gasteiger partial charge in [0.25, 0.3) is 21.8 Å². The zero-order chi connectivity index (χ0) is 21.8. The van der Waals surface area contributed by atoms with Crippen LogP contribution in [0.4, 0.5) is 11.6 Å². The highest BCUT2D eigenvalue weighted by molar-refractivity contribution is 7.92. The maximum Gasteiger partial charge on any atom is 0.291 e. The van der Waals surface area contributed by atoms with Crippen LogP contribution in [0.2, 0.25) is 0 Å². The number of hydrogen-bond donors (Lipinski definition) is 3. The summed E-state index contributed by atoms with van der Waals surface area (Å²) in [6.07, 6.45) is 0. The molecule has 5 rings (SSSR count). The van der Waals surface area contributed by atoms with Gasteiger partial charge >= 0.3 is 0 Å². The van der Waals surface area contributed by atoms with E-state index in [2.05, 4.69) is 25.4 Å². The number of para-hydroxylation sites is 1. The van der Waals surface area contributed by atoms with E-state index in [0.717, 1.165) is 5.56 Å². The fourth-order valence-corrected chi connectivity index (χ4v) is 4.56. The van der Waals surface area contributed by atoms with Gasteiger partial charge in [0.05, 0.1) is 17.4 Å². The summed E-state index contributed by atoms with van der Waals surface area (Å²) < 4.78 is 33.7. The first-order valence-corrected chi connectivity index (χ1v) is 10.8. The molecule has 3 N–H and O–H groups in total. The highest BCUT2D eigenvalue weighted by Gasteiger charge is 2.31. The van der Waals surface area contributed by atoms with Crippen molar-refractivity contribution in [1.82, 2.24) is 20.1 Å². The third-order valence-corrected chi connectivity index (χ3v) is 6.28. The average Bonchev–Trinajstić information content (AvgIpc) is 3.16. The van der Waals surface area contributed by atoms with E-state index in [0.29, 0.717) is 17.1 Å². The van der Waals surface area contributed by atoms with E-state index >= 15 is 0 Å². The molecular weight excluding hydrogens is 424 g/mol. The molecule has 2 amide bonds. The number of sulfonamides is 1. The summed E-state index contributed by atoms with van der Waals surface area (Å²) in [5, 5.41) is 9.67. The molecule has 0 saturated heterocycles. The molecule has 0 radical (unpaired) electrons. The maximum atomic E-state index is 12.7. The van der Waals surface area contributed by atoms with E-state index in [1.807, 2.05) is 0 Å². The van der Waals surface area contributed by atoms with Crippen LogP contribution >= 0.6 is 0 Å². The van der Waals surface area contributed by atoms with Crippen molar-refractivity contribution in [2.24, 2.45) is 0 Å². The van der Waals surface area contributed by atoms with Crippen LogP contribution in [-0.2, 0) is 14.8 Å². The Morgan fingerprint density at radius 2 is 2.06 bits per heavy atom. The predicted molar refractivity (Wildman–Crippen MR) is 109 cm³/mol. The zero-order valence-corrected chi connectivity index (χ0v) is 16.9. The molecule has 11 nitrogen and oxygen atoms in total. The smallest absolute Gasteiger partial charge is 0.291 e. The maximum absolute atomic E-state index is 12.7. The van der Waals surface area contributed by atoms with Crippen LogP contribution < -0.4 is 20.1 Å². The lowest BCUT2D eigenvalue weighted by Gasteiger charge is -2.20. The first-order chi connectivity index (χ1) is 14.8. The third-order valence-electron chi connectivity index (χ3n) is 4.90. The Bertz CT molecular complexity index is 1350. The Hall–Kier alpha value is -3.93. The number of hydrogen-bond acceptors (Lipinski definition) is 7. The van der Waals surface area contributed by atoms with Crippen molar-refractivity contribution in [3.8, 4) is 11.4 Å². The van der Waals surface area contributed by atoms with E-state index in [1.165, 1.54) is 10.7 Å². The molecule has 3 aromatic rings. The third kappa shape index (κ3) is 3.26. The second-order valence-electron chi connectivity index (χ2n) is 7.03. The molecule has 158 valence electrons. The molecule has 2 aliphatic heterocycles. The van der Waals surface area contributed by atoms with Gasteiger partial charge in [0.15, 0.2) is 6.61 Å². The number of aromatic nitrogens is 3. The molecule has 0 bridgehead atoms. The minimum atomic E-state index is -3.80. The topological polar surface area (TPSA) is 144 Å². The van der Waals surface area contributed by atoms with Crippen LogP contribution in [0.3, 0.4) is 0 Å². The second kappa shape index (κ2) is 6.80. The Balaban J connectivity index is 1.40. The number of carbonyl (C=O) groups excluding carboxylic acids is 2. The Kier molecular flexibility index (Phi) is 4.18. The largest absolute Gasteiger partial charge is 0.482 e. The number of carbonyl (C=O) groups is 2. The number of nitrogens with zero attached hydrogens (tertiary/aromatic N) is 3. The van der Waals surface area contributed by atoms with Crippen LogP contribution in [0.25, 0.3) is 5.69 Å². The number of amides is 2. The quantitative estimate of drug-likeness (QED) is 0.555. The summed E-state index contributed by atoms with van der Waals surface area (Å²) in [6.45, 7) is 1.72. The fourth-order valence-electron chi connectivity index (χ4n) is 3.39. The lowest BCUT2D eigenvalue weighted by Crippen LogP contribution is -2.28. The van der Waals surface area contributed by atoms with Crippen LogP contribution in [0.5, 0.6) is 5.75 Å². The number of nitrogens with one attached hydrogen (secondary N) is 3. The predicted octanol–water partition coefficient (Wildman–Crippen LogP) is 1.20. The molecule has 3 heterocycles. The average molecular weight is 440 g/mol. The summed E-state index contributed by atoms with van der Waals surface area (Å²) in [4.78, 5) is 28.4. The molecule has 0 aliphatic carbocycles. The minimum absolute atomic E-state index is 0.0395. The molecule has 12 heteroatoms. The Morgan fingerprint density at radius 1 is 1.26 bits per heavy atom. The number of anilines is 2. The van der Waals surface area contributed by atoms with Crippen molar-refractivity contribution in [3.63, 3.8) is 0 Å². The van der Waals surface area contributed by atoms with Gasteiger partial charge in [-0.3, -0.25) is 9.59 Å². The van der Waals surface area contributed by atoms with Gasteiger partial charge in [-0.05, 0) is 36.8 Å². The van der Waals surface area contributed by atoms with Gasteiger partial charge in [-0.25, -0.2) is 13.1 Å². The SMILES string of the molecule is C[C@@H](NC(=O)c1nc2n(n1)-c1ccccc1S(=O)(=O)N2)c1ccc2c(c1)NC(=O)CO2. The van der Waals surface area contributed by atoms with Crippen molar-refractivity contribution in [3.05, 3.63) is 53.9 Å². The molecule has 0 spiro atoms. The summed E-state index contributed by atoms with van der Waals surface area (Å²) >= 11 is 0. The molecule has 31 heavy (non-hydrogen) atoms. The van der Waals surface area contributed by atoms with Gasteiger partial charge in [0.1, 0.15) is 10.6 Å². The fraction of sp³-hybridized carbons (Fsp3) is 0.158. The van der Waals surface area contributed by atoms with Gasteiger partial charge in [-0.1, -0.05) is 18.2 Å². The molecule has 0 unspecified atom stereocenters. The molecule has 1 atom stereocenters. The lowest BCUT2D eigenvalue weighted by atomic mass is 10.1. The monoisotopic (exact) mass is 440 g/mol. The summed E-state index contributed by atoms with van der Waals surface area (Å²) in [7, 11) is -3.80. The van der Waals surface area contributed by atoms with E-state index in [1.54, 1.807) is 43.3 Å². The van der Waals surface area contributed by atoms with Gasteiger partial charge < -0.3 is 15.4 Å². The molecule has 1 aromatic heterocycles. The Morgan fingerprint density at radius 3 is 2.90 bits per heavy atom. The number of rotatable bonds is 3. The lowest BCUT2D eigenvalue weighted by molar-refractivity contribution is -0.118. The van der Waals surface area contributed by atoms with E-state index < -0.39 is 22.0 Å². The van der Waals surface area contributed by atoms with Gasteiger partial charge in [-0.2, -0.15) is 9.67 Å². The van der Waals surface area contributed by atoms with E-state index in [-0.39, 0.29) is 29.2 Å². The number of fused-ring (bicyclic) bond motifs is 4. The minimum Gasteiger partial charge on any atom is -0.482 e. The number of ether oxygens (including phenoxy) is 1. The van der Waals surface area contributed by atoms with Crippen molar-refractivity contribution < 1.29 is 22.7 Å². The van der Waals surface area contributed by atoms with Crippen molar-refractivity contribution in [2.75, 3.05) is 16.6 Å². The van der Waals surface area contributed by atoms with Crippen molar-refractivity contribution in [1.29, 1.82) is 0 Å². The first kappa shape index (κ1) is 19.1. The normalized spacial score (nSPS) is 16.5. The standard InChI is InChI=1S/C19H16N6O5S/c1-10(11-6-7-14-12(8-11)21-16(26)9-30-14)20-18(27)17-22-19-24-31(28,29)15-5-3-2-4-13(15)25(19)23-17/h2-8,10H,9H2,1H3,(H,20,27)(H,21,26)(H,22,23,24)/t10-/m1/s1. The van der Waals surface area contributed by atoms with Crippen LogP contribution in [-0.4, -0.2) is 41.6 Å². The van der Waals surface area contributed by atoms with Crippen molar-refractivity contribution in [2.45, 2.75) is 17.9 Å². The van der Waals surface area contributed by atoms with Crippen molar-refractivity contribution >= 4 is 33.5 Å². The first-order valence-electron chi connectivity index (χ1n) is 9.28. The molecule has 2 aliphatic rings. The van der Waals surface area contributed by atoms with Crippen LogP contribution in [0, 0.1) is 0 Å². The molecule has 2 aromatic carbocycles. The number of benzene rings is 2. The molecular formula is C19H16N6O5S. The van der Waals surface area contributed by atoms with Crippen LogP contribution in [0.1, 0.15) is 29.1 Å². The van der Waals surface area contributed by atoms with Gasteiger partial charge in [0.2, 0.25) is 11.8 Å². The highest BCUT2D eigenvalue weighted by Crippen LogP contribution is 2.31.